The molecule has 0 amide bonds. The van der Waals surface area contributed by atoms with Gasteiger partial charge in [-0.05, 0) is 25.0 Å². The first kappa shape index (κ1) is 14.3. The molecule has 108 valence electrons. The molecule has 7 nitrogen and oxygen atoms in total. The molecule has 1 fully saturated rings. The fourth-order valence-electron chi connectivity index (χ4n) is 2.50. The smallest absolute Gasteiger partial charge is 0.342 e. The Bertz CT molecular complexity index is 531. The maximum absolute atomic E-state index is 11.2. The number of ether oxygens (including phenoxy) is 1. The maximum Gasteiger partial charge on any atom is 0.342 e. The van der Waals surface area contributed by atoms with Gasteiger partial charge in [-0.3, -0.25) is 10.1 Å². The van der Waals surface area contributed by atoms with Gasteiger partial charge in [-0.1, -0.05) is 6.07 Å². The van der Waals surface area contributed by atoms with Gasteiger partial charge in [0, 0.05) is 20.2 Å². The summed E-state index contributed by atoms with van der Waals surface area (Å²) in [6.07, 6.45) is 1.77. The average Bonchev–Trinajstić information content (AvgIpc) is 2.46. The number of methoxy groups -OCH3 is 1. The van der Waals surface area contributed by atoms with Crippen LogP contribution in [0.4, 0.5) is 11.4 Å². The van der Waals surface area contributed by atoms with Crippen LogP contribution in [-0.2, 0) is 4.74 Å². The van der Waals surface area contributed by atoms with E-state index in [-0.39, 0.29) is 17.4 Å². The number of rotatable bonds is 4. The lowest BCUT2D eigenvalue weighted by molar-refractivity contribution is -0.384. The highest BCUT2D eigenvalue weighted by Gasteiger charge is 2.29. The Balaban J connectivity index is 2.43. The van der Waals surface area contributed by atoms with E-state index >= 15 is 0 Å². The molecule has 2 rings (SSSR count). The van der Waals surface area contributed by atoms with Crippen molar-refractivity contribution in [2.24, 2.45) is 0 Å². The number of benzene rings is 1. The van der Waals surface area contributed by atoms with E-state index in [9.17, 15) is 14.9 Å². The molecular formula is C13H16N2O5. The number of hydrogen-bond acceptors (Lipinski definition) is 5. The summed E-state index contributed by atoms with van der Waals surface area (Å²) in [4.78, 5) is 23.6. The lowest BCUT2D eigenvalue weighted by Gasteiger charge is -2.33. The highest BCUT2D eigenvalue weighted by Crippen LogP contribution is 2.33. The van der Waals surface area contributed by atoms with Crippen LogP contribution in [0.3, 0.4) is 0 Å². The monoisotopic (exact) mass is 280 g/mol. The minimum Gasteiger partial charge on any atom is -0.477 e. The molecule has 1 atom stereocenters. The fraction of sp³-hybridized carbons (Fsp3) is 0.462. The molecule has 1 heterocycles. The lowest BCUT2D eigenvalue weighted by Crippen LogP contribution is -2.39. The molecule has 20 heavy (non-hydrogen) atoms. The van der Waals surface area contributed by atoms with Crippen molar-refractivity contribution in [3.8, 4) is 0 Å². The van der Waals surface area contributed by atoms with Crippen LogP contribution >= 0.6 is 0 Å². The van der Waals surface area contributed by atoms with Crippen LogP contribution in [0.5, 0.6) is 0 Å². The van der Waals surface area contributed by atoms with Gasteiger partial charge >= 0.3 is 11.7 Å². The van der Waals surface area contributed by atoms with Gasteiger partial charge in [-0.25, -0.2) is 4.79 Å². The van der Waals surface area contributed by atoms with E-state index in [1.807, 2.05) is 4.90 Å². The van der Waals surface area contributed by atoms with Gasteiger partial charge < -0.3 is 14.7 Å². The van der Waals surface area contributed by atoms with E-state index in [0.29, 0.717) is 18.8 Å². The Morgan fingerprint density at radius 3 is 2.90 bits per heavy atom. The summed E-state index contributed by atoms with van der Waals surface area (Å²) in [5.74, 6) is -1.29. The predicted octanol–water partition coefficient (Wildman–Crippen LogP) is 1.91. The van der Waals surface area contributed by atoms with Crippen LogP contribution < -0.4 is 4.90 Å². The molecule has 1 N–H and O–H groups in total. The van der Waals surface area contributed by atoms with E-state index < -0.39 is 10.9 Å². The van der Waals surface area contributed by atoms with E-state index in [2.05, 4.69) is 0 Å². The molecule has 0 spiro atoms. The van der Waals surface area contributed by atoms with Gasteiger partial charge in [0.25, 0.3) is 0 Å². The maximum atomic E-state index is 11.2. The van der Waals surface area contributed by atoms with Crippen molar-refractivity contribution in [2.45, 2.75) is 18.9 Å². The van der Waals surface area contributed by atoms with Crippen LogP contribution in [0.25, 0.3) is 0 Å². The number of anilines is 1. The largest absolute Gasteiger partial charge is 0.477 e. The summed E-state index contributed by atoms with van der Waals surface area (Å²) < 4.78 is 5.29. The van der Waals surface area contributed by atoms with Crippen LogP contribution in [0.2, 0.25) is 0 Å². The number of carboxylic acids is 1. The summed E-state index contributed by atoms with van der Waals surface area (Å²) >= 11 is 0. The summed E-state index contributed by atoms with van der Waals surface area (Å²) in [5.41, 5.74) is -0.291. The molecule has 7 heteroatoms. The minimum atomic E-state index is -1.29. The van der Waals surface area contributed by atoms with E-state index in [0.717, 1.165) is 12.8 Å². The number of piperidine rings is 1. The number of hydrogen-bond donors (Lipinski definition) is 1. The molecule has 1 aromatic carbocycles. The van der Waals surface area contributed by atoms with E-state index in [1.165, 1.54) is 12.1 Å². The second-order valence-electron chi connectivity index (χ2n) is 4.68. The first-order valence-corrected chi connectivity index (χ1v) is 6.33. The number of nitrogens with zero attached hydrogens (tertiary/aromatic N) is 2. The van der Waals surface area contributed by atoms with Crippen LogP contribution in [-0.4, -0.2) is 42.3 Å². The molecule has 0 saturated carbocycles. The van der Waals surface area contributed by atoms with Crippen molar-refractivity contribution in [2.75, 3.05) is 25.1 Å². The van der Waals surface area contributed by atoms with Crippen molar-refractivity contribution < 1.29 is 19.6 Å². The number of aromatic carboxylic acids is 1. The first-order valence-electron chi connectivity index (χ1n) is 6.33. The van der Waals surface area contributed by atoms with Crippen LogP contribution in [0.15, 0.2) is 18.2 Å². The fourth-order valence-corrected chi connectivity index (χ4v) is 2.50. The zero-order valence-corrected chi connectivity index (χ0v) is 11.1. The molecule has 1 aromatic rings. The van der Waals surface area contributed by atoms with Gasteiger partial charge in [0.2, 0.25) is 0 Å². The SMILES string of the molecule is COC1CCCN(c2cccc(C(=O)O)c2[N+](=O)[O-])C1. The molecule has 0 bridgehead atoms. The highest BCUT2D eigenvalue weighted by molar-refractivity contribution is 5.95. The lowest BCUT2D eigenvalue weighted by atomic mass is 10.0. The third-order valence-corrected chi connectivity index (χ3v) is 3.48. The Morgan fingerprint density at radius 2 is 2.30 bits per heavy atom. The normalized spacial score (nSPS) is 18.9. The van der Waals surface area contributed by atoms with Crippen LogP contribution in [0.1, 0.15) is 23.2 Å². The number of nitro benzene ring substituents is 1. The summed E-state index contributed by atoms with van der Waals surface area (Å²) in [6.45, 7) is 1.18. The van der Waals surface area contributed by atoms with E-state index in [1.54, 1.807) is 13.2 Å². The van der Waals surface area contributed by atoms with Crippen molar-refractivity contribution in [3.05, 3.63) is 33.9 Å². The molecule has 1 aliphatic rings. The predicted molar refractivity (Wildman–Crippen MR) is 72.3 cm³/mol. The van der Waals surface area contributed by atoms with Crippen molar-refractivity contribution in [1.82, 2.24) is 0 Å². The Hall–Kier alpha value is -2.15. The van der Waals surface area contributed by atoms with Crippen LogP contribution in [0, 0.1) is 10.1 Å². The van der Waals surface area contributed by atoms with Gasteiger partial charge in [0.1, 0.15) is 11.3 Å². The average molecular weight is 280 g/mol. The Morgan fingerprint density at radius 1 is 1.55 bits per heavy atom. The standard InChI is InChI=1S/C13H16N2O5/c1-20-9-4-3-7-14(8-9)11-6-2-5-10(13(16)17)12(11)15(18)19/h2,5-6,9H,3-4,7-8H2,1H3,(H,16,17). The highest BCUT2D eigenvalue weighted by atomic mass is 16.6. The summed E-state index contributed by atoms with van der Waals surface area (Å²) in [5, 5.41) is 20.3. The molecule has 1 saturated heterocycles. The third-order valence-electron chi connectivity index (χ3n) is 3.48. The molecule has 1 unspecified atom stereocenters. The van der Waals surface area contributed by atoms with Gasteiger partial charge in [0.15, 0.2) is 0 Å². The van der Waals surface area contributed by atoms with Crippen molar-refractivity contribution >= 4 is 17.3 Å². The topological polar surface area (TPSA) is 92.9 Å². The van der Waals surface area contributed by atoms with Gasteiger partial charge in [0.05, 0.1) is 11.0 Å². The zero-order chi connectivity index (χ0) is 14.7. The van der Waals surface area contributed by atoms with Crippen molar-refractivity contribution in [1.29, 1.82) is 0 Å². The van der Waals surface area contributed by atoms with Gasteiger partial charge in [-0.15, -0.1) is 0 Å². The number of carbonyl (C=O) groups is 1. The molecule has 0 aromatic heterocycles. The minimum absolute atomic E-state index is 0.0110. The molecular weight excluding hydrogens is 264 g/mol. The first-order chi connectivity index (χ1) is 9.54. The number of carboxylic acid groups (broad SMARTS) is 1. The zero-order valence-electron chi connectivity index (χ0n) is 11.1. The second kappa shape index (κ2) is 5.87. The van der Waals surface area contributed by atoms with E-state index in [4.69, 9.17) is 9.84 Å². The molecule has 0 aliphatic carbocycles. The Labute approximate surface area is 115 Å². The Kier molecular flexibility index (Phi) is 4.19. The van der Waals surface area contributed by atoms with Gasteiger partial charge in [-0.2, -0.15) is 0 Å². The number of para-hydroxylation sites is 1. The molecule has 0 radical (unpaired) electrons. The molecule has 1 aliphatic heterocycles. The quantitative estimate of drug-likeness (QED) is 0.669. The summed E-state index contributed by atoms with van der Waals surface area (Å²) in [6, 6.07) is 4.37. The third kappa shape index (κ3) is 2.72. The summed E-state index contributed by atoms with van der Waals surface area (Å²) in [7, 11) is 1.61. The number of nitro groups is 1. The second-order valence-corrected chi connectivity index (χ2v) is 4.68. The van der Waals surface area contributed by atoms with Crippen molar-refractivity contribution in [3.63, 3.8) is 0 Å².